The molecule has 1 saturated carbocycles. The maximum Gasteiger partial charge on any atom is 0.268 e. The highest BCUT2D eigenvalue weighted by molar-refractivity contribution is 7.17. The highest BCUT2D eigenvalue weighted by Gasteiger charge is 2.35. The van der Waals surface area contributed by atoms with Gasteiger partial charge in [0.25, 0.3) is 5.56 Å². The topological polar surface area (TPSA) is 61.0 Å². The van der Waals surface area contributed by atoms with E-state index in [2.05, 4.69) is 34.3 Å². The summed E-state index contributed by atoms with van der Waals surface area (Å²) in [4.78, 5) is 21.6. The molecule has 0 saturated heterocycles. The summed E-state index contributed by atoms with van der Waals surface area (Å²) in [5.41, 5.74) is 1.02. The van der Waals surface area contributed by atoms with E-state index in [4.69, 9.17) is 0 Å². The largest absolute Gasteiger partial charge is 0.308 e. The molecule has 0 amide bonds. The molecule has 2 aromatic heterocycles. The van der Waals surface area contributed by atoms with E-state index < -0.39 is 0 Å². The molecule has 2 N–H and O–H groups in total. The highest BCUT2D eigenvalue weighted by Crippen LogP contribution is 2.33. The standard InChI is InChI=1S/C15H22N4OS/c1-19(2)15(6-3-4-7-15)10-16-9-12-17-11-5-8-21-13(11)14(20)18-12/h5,8,16H,3-4,6-7,9-10H2,1-2H3,(H,17,18,20). The summed E-state index contributed by atoms with van der Waals surface area (Å²) in [6.45, 7) is 1.54. The van der Waals surface area contributed by atoms with Crippen molar-refractivity contribution in [2.75, 3.05) is 20.6 Å². The second-order valence-electron chi connectivity index (χ2n) is 6.08. The quantitative estimate of drug-likeness (QED) is 0.886. The van der Waals surface area contributed by atoms with Crippen molar-refractivity contribution in [3.63, 3.8) is 0 Å². The van der Waals surface area contributed by atoms with Crippen LogP contribution in [0.2, 0.25) is 0 Å². The van der Waals surface area contributed by atoms with E-state index in [0.29, 0.717) is 11.2 Å². The number of fused-ring (bicyclic) bond motifs is 1. The van der Waals surface area contributed by atoms with E-state index in [-0.39, 0.29) is 11.1 Å². The molecule has 21 heavy (non-hydrogen) atoms. The van der Waals surface area contributed by atoms with Gasteiger partial charge in [-0.2, -0.15) is 0 Å². The van der Waals surface area contributed by atoms with E-state index in [9.17, 15) is 4.79 Å². The maximum absolute atomic E-state index is 11.9. The molecular formula is C15H22N4OS. The van der Waals surface area contributed by atoms with Crippen LogP contribution in [0.1, 0.15) is 31.5 Å². The first-order valence-electron chi connectivity index (χ1n) is 7.45. The van der Waals surface area contributed by atoms with Gasteiger partial charge in [-0.05, 0) is 38.4 Å². The monoisotopic (exact) mass is 306 g/mol. The molecule has 1 aliphatic carbocycles. The number of aromatic amines is 1. The smallest absolute Gasteiger partial charge is 0.268 e. The molecule has 1 fully saturated rings. The van der Waals surface area contributed by atoms with Crippen LogP contribution >= 0.6 is 11.3 Å². The predicted molar refractivity (Wildman–Crippen MR) is 86.8 cm³/mol. The fraction of sp³-hybridized carbons (Fsp3) is 0.600. The molecule has 0 atom stereocenters. The zero-order valence-electron chi connectivity index (χ0n) is 12.6. The van der Waals surface area contributed by atoms with Gasteiger partial charge >= 0.3 is 0 Å². The van der Waals surface area contributed by atoms with Gasteiger partial charge in [-0.15, -0.1) is 11.3 Å². The predicted octanol–water partition coefficient (Wildman–Crippen LogP) is 1.95. The summed E-state index contributed by atoms with van der Waals surface area (Å²) in [6.07, 6.45) is 5.08. The Balaban J connectivity index is 1.67. The van der Waals surface area contributed by atoms with Crippen LogP contribution in [0.15, 0.2) is 16.2 Å². The van der Waals surface area contributed by atoms with Crippen LogP contribution < -0.4 is 10.9 Å². The van der Waals surface area contributed by atoms with E-state index in [1.807, 2.05) is 11.4 Å². The number of hydrogen-bond acceptors (Lipinski definition) is 5. The number of likely N-dealkylation sites (N-methyl/N-ethyl adjacent to an activating group) is 1. The zero-order valence-corrected chi connectivity index (χ0v) is 13.4. The number of hydrogen-bond donors (Lipinski definition) is 2. The summed E-state index contributed by atoms with van der Waals surface area (Å²) >= 11 is 1.44. The van der Waals surface area contributed by atoms with Crippen LogP contribution in [0.3, 0.4) is 0 Å². The van der Waals surface area contributed by atoms with Crippen LogP contribution in [0.25, 0.3) is 10.2 Å². The Hall–Kier alpha value is -1.24. The molecule has 2 aromatic rings. The van der Waals surface area contributed by atoms with E-state index >= 15 is 0 Å². The lowest BCUT2D eigenvalue weighted by Crippen LogP contribution is -2.49. The molecule has 2 heterocycles. The Kier molecular flexibility index (Phi) is 4.10. The van der Waals surface area contributed by atoms with Gasteiger partial charge in [-0.3, -0.25) is 4.79 Å². The van der Waals surface area contributed by atoms with Crippen LogP contribution in [-0.2, 0) is 6.54 Å². The van der Waals surface area contributed by atoms with Crippen molar-refractivity contribution in [1.29, 1.82) is 0 Å². The van der Waals surface area contributed by atoms with Gasteiger partial charge in [0.1, 0.15) is 10.5 Å². The lowest BCUT2D eigenvalue weighted by molar-refractivity contribution is 0.153. The van der Waals surface area contributed by atoms with Gasteiger partial charge in [-0.25, -0.2) is 4.98 Å². The van der Waals surface area contributed by atoms with Gasteiger partial charge in [0, 0.05) is 12.1 Å². The molecule has 6 heteroatoms. The lowest BCUT2D eigenvalue weighted by Gasteiger charge is -2.36. The van der Waals surface area contributed by atoms with Gasteiger partial charge in [0.2, 0.25) is 0 Å². The zero-order chi connectivity index (χ0) is 14.9. The number of nitrogens with zero attached hydrogens (tertiary/aromatic N) is 2. The number of nitrogens with one attached hydrogen (secondary N) is 2. The summed E-state index contributed by atoms with van der Waals surface area (Å²) in [5, 5.41) is 5.39. The molecular weight excluding hydrogens is 284 g/mol. The molecule has 0 spiro atoms. The minimum absolute atomic E-state index is 0.0324. The lowest BCUT2D eigenvalue weighted by atomic mass is 9.96. The average molecular weight is 306 g/mol. The average Bonchev–Trinajstić information content (AvgIpc) is 3.08. The number of thiophene rings is 1. The minimum Gasteiger partial charge on any atom is -0.308 e. The van der Waals surface area contributed by atoms with Crippen molar-refractivity contribution in [2.45, 2.75) is 37.8 Å². The van der Waals surface area contributed by atoms with Crippen molar-refractivity contribution in [1.82, 2.24) is 20.2 Å². The summed E-state index contributed by atoms with van der Waals surface area (Å²) < 4.78 is 0.708. The molecule has 0 bridgehead atoms. The normalized spacial score (nSPS) is 17.9. The minimum atomic E-state index is -0.0324. The fourth-order valence-corrected chi connectivity index (χ4v) is 3.96. The van der Waals surface area contributed by atoms with Crippen LogP contribution in [0, 0.1) is 0 Å². The third-order valence-electron chi connectivity index (χ3n) is 4.59. The van der Waals surface area contributed by atoms with Crippen molar-refractivity contribution in [3.05, 3.63) is 27.6 Å². The first kappa shape index (κ1) is 14.7. The van der Waals surface area contributed by atoms with E-state index in [1.54, 1.807) is 0 Å². The summed E-state index contributed by atoms with van der Waals surface area (Å²) in [6, 6.07) is 1.90. The Morgan fingerprint density at radius 2 is 2.19 bits per heavy atom. The molecule has 0 unspecified atom stereocenters. The molecule has 114 valence electrons. The second kappa shape index (κ2) is 5.87. The van der Waals surface area contributed by atoms with Crippen LogP contribution in [0.4, 0.5) is 0 Å². The van der Waals surface area contributed by atoms with Crippen molar-refractivity contribution < 1.29 is 0 Å². The highest BCUT2D eigenvalue weighted by atomic mass is 32.1. The van der Waals surface area contributed by atoms with Crippen molar-refractivity contribution >= 4 is 21.6 Å². The van der Waals surface area contributed by atoms with Crippen molar-refractivity contribution in [2.24, 2.45) is 0 Å². The molecule has 1 aliphatic rings. The van der Waals surface area contributed by atoms with Gasteiger partial charge < -0.3 is 15.2 Å². The van der Waals surface area contributed by atoms with Crippen LogP contribution in [0.5, 0.6) is 0 Å². The Labute approximate surface area is 128 Å². The fourth-order valence-electron chi connectivity index (χ4n) is 3.23. The van der Waals surface area contributed by atoms with E-state index in [1.165, 1.54) is 37.0 Å². The molecule has 0 aromatic carbocycles. The third-order valence-corrected chi connectivity index (χ3v) is 5.50. The number of aromatic nitrogens is 2. The first-order valence-corrected chi connectivity index (χ1v) is 8.33. The summed E-state index contributed by atoms with van der Waals surface area (Å²) in [7, 11) is 4.31. The summed E-state index contributed by atoms with van der Waals surface area (Å²) in [5.74, 6) is 0.720. The number of H-pyrrole nitrogens is 1. The molecule has 0 radical (unpaired) electrons. The Morgan fingerprint density at radius 1 is 1.43 bits per heavy atom. The van der Waals surface area contributed by atoms with Gasteiger partial charge in [0.05, 0.1) is 12.1 Å². The van der Waals surface area contributed by atoms with Crippen molar-refractivity contribution in [3.8, 4) is 0 Å². The SMILES string of the molecule is CN(C)C1(CNCc2nc3ccsc3c(=O)[nH]2)CCCC1. The second-order valence-corrected chi connectivity index (χ2v) is 6.99. The molecule has 3 rings (SSSR count). The van der Waals surface area contributed by atoms with Gasteiger partial charge in [-0.1, -0.05) is 12.8 Å². The van der Waals surface area contributed by atoms with E-state index in [0.717, 1.165) is 17.9 Å². The first-order chi connectivity index (χ1) is 10.1. The molecule has 0 aliphatic heterocycles. The Morgan fingerprint density at radius 3 is 2.90 bits per heavy atom. The third kappa shape index (κ3) is 2.88. The molecule has 5 nitrogen and oxygen atoms in total. The van der Waals surface area contributed by atoms with Gasteiger partial charge in [0.15, 0.2) is 0 Å². The maximum atomic E-state index is 11.9. The number of rotatable bonds is 5. The Bertz CT molecular complexity index is 670. The van der Waals surface area contributed by atoms with Crippen LogP contribution in [-0.4, -0.2) is 41.0 Å².